The van der Waals surface area contributed by atoms with Gasteiger partial charge in [-0.1, -0.05) is 26.0 Å². The molecule has 25 heavy (non-hydrogen) atoms. The fraction of sp³-hybridized carbons (Fsp3) is 0.500. The highest BCUT2D eigenvalue weighted by atomic mass is 16.5. The average molecular weight is 349 g/mol. The monoisotopic (exact) mass is 349 g/mol. The van der Waals surface area contributed by atoms with Gasteiger partial charge in [0.15, 0.2) is 0 Å². The van der Waals surface area contributed by atoms with Crippen molar-refractivity contribution in [3.63, 3.8) is 0 Å². The van der Waals surface area contributed by atoms with Gasteiger partial charge >= 0.3 is 5.97 Å². The number of carbonyl (C=O) groups excluding carboxylic acids is 3. The van der Waals surface area contributed by atoms with Crippen LogP contribution in [0.25, 0.3) is 0 Å². The van der Waals surface area contributed by atoms with Crippen molar-refractivity contribution in [2.24, 2.45) is 5.92 Å². The molecule has 0 saturated heterocycles. The molecule has 0 bridgehead atoms. The van der Waals surface area contributed by atoms with Crippen LogP contribution in [0.5, 0.6) is 0 Å². The number of nitrogens with one attached hydrogen (secondary N) is 3. The summed E-state index contributed by atoms with van der Waals surface area (Å²) in [4.78, 5) is 35.2. The maximum Gasteiger partial charge on any atom is 0.302 e. The van der Waals surface area contributed by atoms with E-state index in [0.717, 1.165) is 5.56 Å². The van der Waals surface area contributed by atoms with Crippen LogP contribution in [-0.2, 0) is 25.7 Å². The molecule has 7 nitrogen and oxygen atoms in total. The van der Waals surface area contributed by atoms with Gasteiger partial charge in [0.1, 0.15) is 12.6 Å². The number of amides is 2. The molecular formula is C18H27N3O4. The van der Waals surface area contributed by atoms with E-state index < -0.39 is 6.04 Å². The van der Waals surface area contributed by atoms with Crippen molar-refractivity contribution in [3.05, 3.63) is 29.8 Å². The Hall–Kier alpha value is -2.41. The van der Waals surface area contributed by atoms with E-state index in [9.17, 15) is 14.4 Å². The first kappa shape index (κ1) is 20.6. The van der Waals surface area contributed by atoms with Gasteiger partial charge in [-0.05, 0) is 37.6 Å². The Morgan fingerprint density at radius 1 is 1.04 bits per heavy atom. The second kappa shape index (κ2) is 9.78. The predicted octanol–water partition coefficient (Wildman–Crippen LogP) is 1.44. The second-order valence-electron chi connectivity index (χ2n) is 6.21. The Morgan fingerprint density at radius 2 is 1.64 bits per heavy atom. The van der Waals surface area contributed by atoms with Crippen molar-refractivity contribution in [2.45, 2.75) is 46.4 Å². The number of likely N-dealkylation sites (N-methyl/N-ethyl adjacent to an activating group) is 1. The number of ether oxygens (including phenoxy) is 1. The minimum Gasteiger partial charge on any atom is -0.461 e. The summed E-state index contributed by atoms with van der Waals surface area (Å²) in [5.74, 6) is -0.746. The summed E-state index contributed by atoms with van der Waals surface area (Å²) in [7, 11) is 1.71. The number of esters is 1. The van der Waals surface area contributed by atoms with E-state index in [1.54, 1.807) is 38.2 Å². The van der Waals surface area contributed by atoms with Crippen molar-refractivity contribution < 1.29 is 19.1 Å². The molecular weight excluding hydrogens is 322 g/mol. The van der Waals surface area contributed by atoms with E-state index >= 15 is 0 Å². The van der Waals surface area contributed by atoms with Gasteiger partial charge in [-0.3, -0.25) is 14.4 Å². The molecule has 0 saturated carbocycles. The van der Waals surface area contributed by atoms with Crippen molar-refractivity contribution in [1.82, 2.24) is 10.6 Å². The van der Waals surface area contributed by atoms with Crippen LogP contribution >= 0.6 is 0 Å². The topological polar surface area (TPSA) is 96.5 Å². The minimum atomic E-state index is -0.664. The highest BCUT2D eigenvalue weighted by Crippen LogP contribution is 2.11. The summed E-state index contributed by atoms with van der Waals surface area (Å²) in [5, 5.41) is 8.39. The van der Waals surface area contributed by atoms with Gasteiger partial charge in [-0.25, -0.2) is 0 Å². The van der Waals surface area contributed by atoms with Crippen molar-refractivity contribution >= 4 is 23.5 Å². The zero-order valence-corrected chi connectivity index (χ0v) is 15.4. The maximum absolute atomic E-state index is 12.2. The number of carbonyl (C=O) groups is 3. The zero-order valence-electron chi connectivity index (χ0n) is 15.4. The highest BCUT2D eigenvalue weighted by molar-refractivity contribution is 5.97. The molecule has 0 aliphatic heterocycles. The number of rotatable bonds is 8. The lowest BCUT2D eigenvalue weighted by molar-refractivity contribution is -0.142. The summed E-state index contributed by atoms with van der Waals surface area (Å²) < 4.78 is 4.90. The van der Waals surface area contributed by atoms with E-state index in [-0.39, 0.29) is 36.4 Å². The fourth-order valence-corrected chi connectivity index (χ4v) is 2.26. The quantitative estimate of drug-likeness (QED) is 0.617. The summed E-state index contributed by atoms with van der Waals surface area (Å²) in [6.45, 7) is 7.04. The van der Waals surface area contributed by atoms with Gasteiger partial charge in [0, 0.05) is 12.6 Å². The maximum atomic E-state index is 12.2. The molecule has 0 heterocycles. The van der Waals surface area contributed by atoms with E-state index in [4.69, 9.17) is 4.74 Å². The van der Waals surface area contributed by atoms with Crippen LogP contribution in [0, 0.1) is 5.92 Å². The Bertz CT molecular complexity index is 599. The molecule has 1 rings (SSSR count). The van der Waals surface area contributed by atoms with E-state index in [2.05, 4.69) is 16.0 Å². The average Bonchev–Trinajstić information content (AvgIpc) is 2.54. The highest BCUT2D eigenvalue weighted by Gasteiger charge is 2.23. The standard InChI is InChI=1S/C18H27N3O4/c1-11(2)16(19-5)18(24)20-12(3)17(23)21-15-8-6-14(7-9-15)10-25-13(4)22/h6-9,11-12,16,19H,10H2,1-5H3,(H,20,24)(H,21,23). The second-order valence-corrected chi connectivity index (χ2v) is 6.21. The number of benzene rings is 1. The third-order valence-electron chi connectivity index (χ3n) is 3.68. The molecule has 138 valence electrons. The first-order valence-corrected chi connectivity index (χ1v) is 8.25. The van der Waals surface area contributed by atoms with Crippen LogP contribution in [-0.4, -0.2) is 36.9 Å². The van der Waals surface area contributed by atoms with Gasteiger partial charge in [0.25, 0.3) is 0 Å². The molecule has 0 spiro atoms. The van der Waals surface area contributed by atoms with Gasteiger partial charge in [0.05, 0.1) is 6.04 Å². The number of hydrogen-bond acceptors (Lipinski definition) is 5. The number of anilines is 1. The Labute approximate surface area is 148 Å². The molecule has 3 N–H and O–H groups in total. The van der Waals surface area contributed by atoms with Gasteiger partial charge in [0.2, 0.25) is 11.8 Å². The lowest BCUT2D eigenvalue weighted by Crippen LogP contribution is -2.51. The van der Waals surface area contributed by atoms with Gasteiger partial charge < -0.3 is 20.7 Å². The first-order valence-electron chi connectivity index (χ1n) is 8.25. The lowest BCUT2D eigenvalue weighted by atomic mass is 10.0. The van der Waals surface area contributed by atoms with Crippen LogP contribution in [0.15, 0.2) is 24.3 Å². The van der Waals surface area contributed by atoms with E-state index in [1.807, 2.05) is 13.8 Å². The molecule has 2 unspecified atom stereocenters. The molecule has 0 radical (unpaired) electrons. The Balaban J connectivity index is 2.57. The first-order chi connectivity index (χ1) is 11.7. The van der Waals surface area contributed by atoms with Crippen LogP contribution in [0.4, 0.5) is 5.69 Å². The molecule has 0 aliphatic rings. The molecule has 0 aromatic heterocycles. The largest absolute Gasteiger partial charge is 0.461 e. The molecule has 0 aliphatic carbocycles. The summed E-state index contributed by atoms with van der Waals surface area (Å²) in [5.41, 5.74) is 1.43. The Kier molecular flexibility index (Phi) is 8.07. The normalized spacial score (nSPS) is 13.0. The lowest BCUT2D eigenvalue weighted by Gasteiger charge is -2.22. The SMILES string of the molecule is CNC(C(=O)NC(C)C(=O)Nc1ccc(COC(C)=O)cc1)C(C)C. The third kappa shape index (κ3) is 6.93. The predicted molar refractivity (Wildman–Crippen MR) is 95.8 cm³/mol. The molecule has 7 heteroatoms. The van der Waals surface area contributed by atoms with Crippen molar-refractivity contribution in [1.29, 1.82) is 0 Å². The number of hydrogen-bond donors (Lipinski definition) is 3. The van der Waals surface area contributed by atoms with Gasteiger partial charge in [-0.2, -0.15) is 0 Å². The molecule has 0 fully saturated rings. The van der Waals surface area contributed by atoms with E-state index in [1.165, 1.54) is 6.92 Å². The third-order valence-corrected chi connectivity index (χ3v) is 3.68. The minimum absolute atomic E-state index is 0.116. The van der Waals surface area contributed by atoms with Gasteiger partial charge in [-0.15, -0.1) is 0 Å². The van der Waals surface area contributed by atoms with Crippen LogP contribution < -0.4 is 16.0 Å². The van der Waals surface area contributed by atoms with Crippen LogP contribution in [0.3, 0.4) is 0 Å². The zero-order chi connectivity index (χ0) is 19.0. The summed E-state index contributed by atoms with van der Waals surface area (Å²) in [6, 6.07) is 5.94. The molecule has 1 aromatic carbocycles. The summed E-state index contributed by atoms with van der Waals surface area (Å²) >= 11 is 0. The Morgan fingerprint density at radius 3 is 2.12 bits per heavy atom. The summed E-state index contributed by atoms with van der Waals surface area (Å²) in [6.07, 6.45) is 0. The van der Waals surface area contributed by atoms with Crippen molar-refractivity contribution in [2.75, 3.05) is 12.4 Å². The van der Waals surface area contributed by atoms with Crippen molar-refractivity contribution in [3.8, 4) is 0 Å². The van der Waals surface area contributed by atoms with E-state index in [0.29, 0.717) is 5.69 Å². The smallest absolute Gasteiger partial charge is 0.302 e. The van der Waals surface area contributed by atoms with Crippen LogP contribution in [0.1, 0.15) is 33.3 Å². The molecule has 2 amide bonds. The fourth-order valence-electron chi connectivity index (χ4n) is 2.26. The van der Waals surface area contributed by atoms with Crippen LogP contribution in [0.2, 0.25) is 0 Å². The molecule has 1 aromatic rings. The molecule has 2 atom stereocenters.